The van der Waals surface area contributed by atoms with Crippen molar-refractivity contribution in [3.05, 3.63) is 46.0 Å². The quantitative estimate of drug-likeness (QED) is 0.879. The Hall–Kier alpha value is -2.50. The summed E-state index contributed by atoms with van der Waals surface area (Å²) in [6, 6.07) is 5.46. The minimum atomic E-state index is -0.254. The fraction of sp³-hybridized carbons (Fsp3) is 0.524. The molecule has 1 saturated heterocycles. The highest BCUT2D eigenvalue weighted by molar-refractivity contribution is 5.79. The van der Waals surface area contributed by atoms with Gasteiger partial charge < -0.3 is 9.88 Å². The third-order valence-electron chi connectivity index (χ3n) is 5.36. The van der Waals surface area contributed by atoms with E-state index in [-0.39, 0.29) is 17.9 Å². The molecule has 1 N–H and O–H groups in total. The van der Waals surface area contributed by atoms with Gasteiger partial charge in [0.25, 0.3) is 5.56 Å². The molecule has 0 spiro atoms. The zero-order chi connectivity index (χ0) is 19.2. The van der Waals surface area contributed by atoms with Crippen molar-refractivity contribution in [1.29, 1.82) is 0 Å². The van der Waals surface area contributed by atoms with E-state index < -0.39 is 0 Å². The van der Waals surface area contributed by atoms with E-state index in [1.54, 1.807) is 19.2 Å². The summed E-state index contributed by atoms with van der Waals surface area (Å²) in [4.78, 5) is 38.7. The van der Waals surface area contributed by atoms with E-state index in [0.29, 0.717) is 22.8 Å². The molecule has 2 aromatic rings. The van der Waals surface area contributed by atoms with Crippen LogP contribution in [0.1, 0.15) is 50.3 Å². The molecule has 6 heteroatoms. The number of pyridine rings is 1. The number of aromatic nitrogens is 3. The van der Waals surface area contributed by atoms with E-state index in [0.717, 1.165) is 31.8 Å². The maximum atomic E-state index is 12.8. The summed E-state index contributed by atoms with van der Waals surface area (Å²) in [6.07, 6.45) is 7.50. The second kappa shape index (κ2) is 8.93. The van der Waals surface area contributed by atoms with Gasteiger partial charge in [0.15, 0.2) is 5.82 Å². The van der Waals surface area contributed by atoms with Crippen LogP contribution >= 0.6 is 0 Å². The van der Waals surface area contributed by atoms with E-state index >= 15 is 0 Å². The monoisotopic (exact) mass is 368 g/mol. The Morgan fingerprint density at radius 3 is 2.85 bits per heavy atom. The van der Waals surface area contributed by atoms with Crippen molar-refractivity contribution in [3.63, 3.8) is 0 Å². The number of aromatic amines is 1. The van der Waals surface area contributed by atoms with Crippen LogP contribution in [0.3, 0.4) is 0 Å². The third kappa shape index (κ3) is 4.81. The van der Waals surface area contributed by atoms with Gasteiger partial charge in [0.1, 0.15) is 5.69 Å². The van der Waals surface area contributed by atoms with Gasteiger partial charge in [0.2, 0.25) is 5.91 Å². The van der Waals surface area contributed by atoms with Crippen LogP contribution in [-0.4, -0.2) is 38.8 Å². The molecule has 144 valence electrons. The molecule has 3 rings (SSSR count). The van der Waals surface area contributed by atoms with Gasteiger partial charge in [0, 0.05) is 30.5 Å². The largest absolute Gasteiger partial charge is 0.342 e. The number of carbonyl (C=O) groups is 1. The van der Waals surface area contributed by atoms with E-state index in [1.165, 1.54) is 19.3 Å². The number of nitrogens with one attached hydrogen (secondary N) is 1. The molecule has 2 aromatic heterocycles. The number of aryl methyl sites for hydroxylation is 1. The highest BCUT2D eigenvalue weighted by Gasteiger charge is 2.22. The average Bonchev–Trinajstić information content (AvgIpc) is 2.91. The van der Waals surface area contributed by atoms with Crippen LogP contribution in [0.2, 0.25) is 0 Å². The zero-order valence-corrected chi connectivity index (χ0v) is 16.2. The second-order valence-electron chi connectivity index (χ2n) is 7.34. The van der Waals surface area contributed by atoms with Gasteiger partial charge in [-0.3, -0.25) is 14.6 Å². The molecule has 0 saturated carbocycles. The lowest BCUT2D eigenvalue weighted by Crippen LogP contribution is -2.35. The number of rotatable bonds is 5. The Morgan fingerprint density at radius 1 is 1.30 bits per heavy atom. The maximum absolute atomic E-state index is 12.8. The van der Waals surface area contributed by atoms with Crippen LogP contribution in [0, 0.1) is 12.8 Å². The Bertz CT molecular complexity index is 832. The minimum absolute atomic E-state index is 0.0214. The first-order chi connectivity index (χ1) is 13.1. The number of nitrogens with zero attached hydrogens (tertiary/aromatic N) is 3. The molecule has 1 atom stereocenters. The van der Waals surface area contributed by atoms with Crippen LogP contribution in [0.5, 0.6) is 0 Å². The standard InChI is InChI=1S/C21H28N4O2/c1-3-7-16-8-6-12-25(13-10-16)19(26)14-17-15(2)23-20(24-21(17)27)18-9-4-5-11-22-18/h4-5,9,11,16H,3,6-8,10,12-14H2,1-2H3,(H,23,24,27). The molecule has 1 aliphatic rings. The topological polar surface area (TPSA) is 79.0 Å². The first kappa shape index (κ1) is 19.3. The molecule has 6 nitrogen and oxygen atoms in total. The first-order valence-corrected chi connectivity index (χ1v) is 9.87. The Kier molecular flexibility index (Phi) is 6.37. The van der Waals surface area contributed by atoms with Crippen molar-refractivity contribution in [2.75, 3.05) is 13.1 Å². The first-order valence-electron chi connectivity index (χ1n) is 9.87. The van der Waals surface area contributed by atoms with Crippen LogP contribution in [0.4, 0.5) is 0 Å². The SMILES string of the molecule is CCCC1CCCN(C(=O)Cc2c(C)nc(-c3ccccn3)[nH]c2=O)CC1. The van der Waals surface area contributed by atoms with Crippen molar-refractivity contribution in [2.45, 2.75) is 52.4 Å². The smallest absolute Gasteiger partial charge is 0.255 e. The van der Waals surface area contributed by atoms with Gasteiger partial charge in [-0.15, -0.1) is 0 Å². The predicted molar refractivity (Wildman–Crippen MR) is 105 cm³/mol. The molecule has 1 fully saturated rings. The second-order valence-corrected chi connectivity index (χ2v) is 7.34. The van der Waals surface area contributed by atoms with Gasteiger partial charge in [-0.25, -0.2) is 4.98 Å². The van der Waals surface area contributed by atoms with Crippen molar-refractivity contribution in [3.8, 4) is 11.5 Å². The molecule has 3 heterocycles. The lowest BCUT2D eigenvalue weighted by Gasteiger charge is -2.21. The number of likely N-dealkylation sites (tertiary alicyclic amines) is 1. The van der Waals surface area contributed by atoms with Crippen LogP contribution in [0.15, 0.2) is 29.2 Å². The average molecular weight is 368 g/mol. The highest BCUT2D eigenvalue weighted by atomic mass is 16.2. The fourth-order valence-corrected chi connectivity index (χ4v) is 3.82. The Labute approximate surface area is 160 Å². The summed E-state index contributed by atoms with van der Waals surface area (Å²) in [6.45, 7) is 5.57. The van der Waals surface area contributed by atoms with E-state index in [9.17, 15) is 9.59 Å². The molecule has 0 bridgehead atoms. The highest BCUT2D eigenvalue weighted by Crippen LogP contribution is 2.22. The molecule has 1 unspecified atom stereocenters. The number of hydrogen-bond acceptors (Lipinski definition) is 4. The molecule has 1 amide bonds. The number of hydrogen-bond donors (Lipinski definition) is 1. The van der Waals surface area contributed by atoms with Gasteiger partial charge in [0.05, 0.1) is 6.42 Å². The summed E-state index contributed by atoms with van der Waals surface area (Å²) < 4.78 is 0. The fourth-order valence-electron chi connectivity index (χ4n) is 3.82. The Balaban J connectivity index is 1.72. The molecule has 1 aliphatic heterocycles. The van der Waals surface area contributed by atoms with Crippen LogP contribution in [0.25, 0.3) is 11.5 Å². The minimum Gasteiger partial charge on any atom is -0.342 e. The van der Waals surface area contributed by atoms with Gasteiger partial charge in [-0.2, -0.15) is 0 Å². The van der Waals surface area contributed by atoms with E-state index in [4.69, 9.17) is 0 Å². The predicted octanol–water partition coefficient (Wildman–Crippen LogP) is 3.11. The van der Waals surface area contributed by atoms with Crippen molar-refractivity contribution < 1.29 is 4.79 Å². The number of carbonyl (C=O) groups excluding carboxylic acids is 1. The molecule has 0 aromatic carbocycles. The van der Waals surface area contributed by atoms with Crippen molar-refractivity contribution >= 4 is 5.91 Å². The summed E-state index contributed by atoms with van der Waals surface area (Å²) >= 11 is 0. The normalized spacial score (nSPS) is 17.6. The molecule has 0 radical (unpaired) electrons. The third-order valence-corrected chi connectivity index (χ3v) is 5.36. The number of amides is 1. The summed E-state index contributed by atoms with van der Waals surface area (Å²) in [5.41, 5.74) is 1.40. The van der Waals surface area contributed by atoms with Crippen LogP contribution in [-0.2, 0) is 11.2 Å². The van der Waals surface area contributed by atoms with E-state index in [1.807, 2.05) is 17.0 Å². The van der Waals surface area contributed by atoms with Crippen LogP contribution < -0.4 is 5.56 Å². The summed E-state index contributed by atoms with van der Waals surface area (Å²) in [5, 5.41) is 0. The summed E-state index contributed by atoms with van der Waals surface area (Å²) in [5.74, 6) is 1.18. The lowest BCUT2D eigenvalue weighted by molar-refractivity contribution is -0.130. The number of H-pyrrole nitrogens is 1. The van der Waals surface area contributed by atoms with Crippen molar-refractivity contribution in [1.82, 2.24) is 19.9 Å². The summed E-state index contributed by atoms with van der Waals surface area (Å²) in [7, 11) is 0. The maximum Gasteiger partial charge on any atom is 0.255 e. The zero-order valence-electron chi connectivity index (χ0n) is 16.2. The van der Waals surface area contributed by atoms with Crippen molar-refractivity contribution in [2.24, 2.45) is 5.92 Å². The van der Waals surface area contributed by atoms with Gasteiger partial charge in [-0.1, -0.05) is 25.8 Å². The Morgan fingerprint density at radius 2 is 2.15 bits per heavy atom. The van der Waals surface area contributed by atoms with E-state index in [2.05, 4.69) is 21.9 Å². The molecular weight excluding hydrogens is 340 g/mol. The lowest BCUT2D eigenvalue weighted by atomic mass is 9.96. The van der Waals surface area contributed by atoms with Gasteiger partial charge >= 0.3 is 0 Å². The molecular formula is C21H28N4O2. The van der Waals surface area contributed by atoms with Gasteiger partial charge in [-0.05, 0) is 44.2 Å². The molecule has 27 heavy (non-hydrogen) atoms. The molecule has 0 aliphatic carbocycles.